The monoisotopic (exact) mass is 712 g/mol. The summed E-state index contributed by atoms with van der Waals surface area (Å²) >= 11 is 8.02. The average Bonchev–Trinajstić information content (AvgIpc) is 2.76. The van der Waals surface area contributed by atoms with Crippen molar-refractivity contribution in [2.75, 3.05) is 5.32 Å². The first kappa shape index (κ1) is 24.7. The maximum Gasteiger partial charge on any atom is 0.266 e. The minimum absolute atomic E-state index is 0.0289. The van der Waals surface area contributed by atoms with E-state index in [-0.39, 0.29) is 5.57 Å². The summed E-state index contributed by atoms with van der Waals surface area (Å²) in [6.45, 7) is 4.37. The Kier molecular flexibility index (Phi) is 8.73. The number of nitriles is 1. The Labute approximate surface area is 223 Å². The van der Waals surface area contributed by atoms with Crippen LogP contribution < -0.4 is 10.1 Å². The summed E-state index contributed by atoms with van der Waals surface area (Å²) in [6, 6.07) is 19.6. The maximum atomic E-state index is 12.7. The third-order valence-corrected chi connectivity index (χ3v) is 6.96. The van der Waals surface area contributed by atoms with E-state index in [0.717, 1.165) is 36.0 Å². The lowest BCUT2D eigenvalue weighted by molar-refractivity contribution is -0.112. The molecule has 0 aliphatic carbocycles. The summed E-state index contributed by atoms with van der Waals surface area (Å²) in [5.74, 6) is 0.283. The molecule has 3 aromatic carbocycles. The molecule has 4 nitrogen and oxygen atoms in total. The number of carbonyl (C=O) groups is 1. The zero-order chi connectivity index (χ0) is 23.3. The van der Waals surface area contributed by atoms with Crippen molar-refractivity contribution in [1.82, 2.24) is 0 Å². The standard InChI is InChI=1S/C25H19BrI2N2O2/c1-15-4-3-5-23(16(15)2)30-25(31)19(13-29)10-18-11-21(26)24(22(28)12-18)32-14-17-6-8-20(27)9-7-17/h3-12H,14H2,1-2H3,(H,30,31)/b19-10+. The molecule has 0 unspecified atom stereocenters. The first-order valence-corrected chi connectivity index (χ1v) is 12.6. The molecule has 32 heavy (non-hydrogen) atoms. The number of hydrogen-bond donors (Lipinski definition) is 1. The second kappa shape index (κ2) is 11.3. The van der Waals surface area contributed by atoms with Crippen molar-refractivity contribution in [2.45, 2.75) is 20.5 Å². The number of hydrogen-bond acceptors (Lipinski definition) is 3. The lowest BCUT2D eigenvalue weighted by Crippen LogP contribution is -2.14. The molecule has 0 radical (unpaired) electrons. The number of aryl methyl sites for hydroxylation is 1. The van der Waals surface area contributed by atoms with Crippen LogP contribution in [-0.4, -0.2) is 5.91 Å². The molecule has 0 aliphatic rings. The third kappa shape index (κ3) is 6.33. The van der Waals surface area contributed by atoms with Crippen LogP contribution in [0.3, 0.4) is 0 Å². The minimum atomic E-state index is -0.439. The Morgan fingerprint density at radius 3 is 2.53 bits per heavy atom. The van der Waals surface area contributed by atoms with E-state index in [1.807, 2.05) is 74.5 Å². The van der Waals surface area contributed by atoms with Gasteiger partial charge in [-0.3, -0.25) is 4.79 Å². The summed E-state index contributed by atoms with van der Waals surface area (Å²) < 4.78 is 8.82. The molecule has 0 spiro atoms. The fourth-order valence-electron chi connectivity index (χ4n) is 2.93. The lowest BCUT2D eigenvalue weighted by atomic mass is 10.1. The quantitative estimate of drug-likeness (QED) is 0.165. The van der Waals surface area contributed by atoms with E-state index in [0.29, 0.717) is 12.3 Å². The molecule has 0 aromatic heterocycles. The summed E-state index contributed by atoms with van der Waals surface area (Å²) in [4.78, 5) is 12.7. The molecular formula is C25H19BrI2N2O2. The van der Waals surface area contributed by atoms with Gasteiger partial charge in [-0.2, -0.15) is 5.26 Å². The Morgan fingerprint density at radius 1 is 1.16 bits per heavy atom. The highest BCUT2D eigenvalue weighted by Gasteiger charge is 2.14. The van der Waals surface area contributed by atoms with Gasteiger partial charge in [0.25, 0.3) is 5.91 Å². The fourth-order valence-corrected chi connectivity index (χ4v) is 5.06. The number of nitrogens with one attached hydrogen (secondary N) is 1. The Bertz CT molecular complexity index is 1210. The van der Waals surface area contributed by atoms with Crippen molar-refractivity contribution in [3.8, 4) is 11.8 Å². The molecule has 3 aromatic rings. The van der Waals surface area contributed by atoms with Gasteiger partial charge in [0.05, 0.1) is 8.04 Å². The van der Waals surface area contributed by atoms with E-state index < -0.39 is 5.91 Å². The van der Waals surface area contributed by atoms with Crippen LogP contribution in [0.15, 0.2) is 64.6 Å². The van der Waals surface area contributed by atoms with Gasteiger partial charge in [0.1, 0.15) is 24.0 Å². The van der Waals surface area contributed by atoms with Crippen LogP contribution in [0.2, 0.25) is 0 Å². The van der Waals surface area contributed by atoms with E-state index in [4.69, 9.17) is 4.74 Å². The number of halogens is 3. The molecule has 3 rings (SSSR count). The van der Waals surface area contributed by atoms with Gasteiger partial charge in [0.2, 0.25) is 0 Å². The van der Waals surface area contributed by atoms with Gasteiger partial charge in [0.15, 0.2) is 0 Å². The average molecular weight is 713 g/mol. The molecule has 0 heterocycles. The zero-order valence-electron chi connectivity index (χ0n) is 17.4. The van der Waals surface area contributed by atoms with Crippen molar-refractivity contribution in [1.29, 1.82) is 5.26 Å². The molecule has 1 N–H and O–H groups in total. The van der Waals surface area contributed by atoms with E-state index in [9.17, 15) is 10.1 Å². The van der Waals surface area contributed by atoms with E-state index in [1.54, 1.807) is 6.08 Å². The van der Waals surface area contributed by atoms with Gasteiger partial charge >= 0.3 is 0 Å². The Morgan fingerprint density at radius 2 is 1.88 bits per heavy atom. The van der Waals surface area contributed by atoms with Gasteiger partial charge in [-0.1, -0.05) is 24.3 Å². The summed E-state index contributed by atoms with van der Waals surface area (Å²) in [6.07, 6.45) is 1.58. The second-order valence-electron chi connectivity index (χ2n) is 7.10. The summed E-state index contributed by atoms with van der Waals surface area (Å²) in [7, 11) is 0. The topological polar surface area (TPSA) is 62.1 Å². The van der Waals surface area contributed by atoms with Crippen molar-refractivity contribution >= 4 is 78.8 Å². The van der Waals surface area contributed by atoms with E-state index in [1.165, 1.54) is 3.57 Å². The maximum absolute atomic E-state index is 12.7. The van der Waals surface area contributed by atoms with Crippen molar-refractivity contribution < 1.29 is 9.53 Å². The van der Waals surface area contributed by atoms with Crippen LogP contribution in [0, 0.1) is 32.3 Å². The number of carbonyl (C=O) groups excluding carboxylic acids is 1. The number of nitrogens with zero attached hydrogens (tertiary/aromatic N) is 1. The van der Waals surface area contributed by atoms with Crippen molar-refractivity contribution in [3.63, 3.8) is 0 Å². The Balaban J connectivity index is 1.78. The molecule has 0 aliphatic heterocycles. The summed E-state index contributed by atoms with van der Waals surface area (Å²) in [5, 5.41) is 12.4. The van der Waals surface area contributed by atoms with Gasteiger partial charge in [-0.15, -0.1) is 0 Å². The predicted octanol–water partition coefficient (Wildman–Crippen LogP) is 7.40. The predicted molar refractivity (Wildman–Crippen MR) is 148 cm³/mol. The van der Waals surface area contributed by atoms with Crippen LogP contribution in [0.25, 0.3) is 6.08 Å². The molecule has 0 fully saturated rings. The molecule has 0 saturated carbocycles. The van der Waals surface area contributed by atoms with Crippen LogP contribution >= 0.6 is 61.1 Å². The van der Waals surface area contributed by atoms with Crippen LogP contribution in [0.1, 0.15) is 22.3 Å². The number of ether oxygens (including phenoxy) is 1. The minimum Gasteiger partial charge on any atom is -0.487 e. The van der Waals surface area contributed by atoms with Gasteiger partial charge in [0, 0.05) is 9.26 Å². The van der Waals surface area contributed by atoms with Crippen molar-refractivity contribution in [3.05, 3.63) is 94.0 Å². The van der Waals surface area contributed by atoms with Crippen LogP contribution in [-0.2, 0) is 11.4 Å². The number of amides is 1. The second-order valence-corrected chi connectivity index (χ2v) is 10.4. The van der Waals surface area contributed by atoms with Crippen LogP contribution in [0.5, 0.6) is 5.75 Å². The fraction of sp³-hybridized carbons (Fsp3) is 0.120. The molecule has 1 amide bonds. The van der Waals surface area contributed by atoms with Gasteiger partial charge in [-0.05, 0) is 134 Å². The first-order chi connectivity index (χ1) is 15.3. The SMILES string of the molecule is Cc1cccc(NC(=O)/C(C#N)=C/c2cc(Br)c(OCc3ccc(I)cc3)c(I)c2)c1C. The molecule has 0 bridgehead atoms. The summed E-state index contributed by atoms with van der Waals surface area (Å²) in [5.41, 5.74) is 4.59. The number of rotatable bonds is 6. The van der Waals surface area contributed by atoms with Gasteiger partial charge < -0.3 is 10.1 Å². The zero-order valence-corrected chi connectivity index (χ0v) is 23.3. The number of benzene rings is 3. The highest BCUT2D eigenvalue weighted by Crippen LogP contribution is 2.33. The molecule has 7 heteroatoms. The first-order valence-electron chi connectivity index (χ1n) is 9.64. The smallest absolute Gasteiger partial charge is 0.266 e. The highest BCUT2D eigenvalue weighted by atomic mass is 127. The highest BCUT2D eigenvalue weighted by molar-refractivity contribution is 14.1. The van der Waals surface area contributed by atoms with E-state index >= 15 is 0 Å². The largest absolute Gasteiger partial charge is 0.487 e. The number of anilines is 1. The van der Waals surface area contributed by atoms with Crippen molar-refractivity contribution in [2.24, 2.45) is 0 Å². The normalized spacial score (nSPS) is 11.1. The molecule has 0 saturated heterocycles. The molecule has 162 valence electrons. The third-order valence-electron chi connectivity index (χ3n) is 4.85. The van der Waals surface area contributed by atoms with Gasteiger partial charge in [-0.25, -0.2) is 0 Å². The Hall–Kier alpha value is -1.90. The van der Waals surface area contributed by atoms with E-state index in [2.05, 4.69) is 66.4 Å². The molecular weight excluding hydrogens is 694 g/mol. The molecule has 0 atom stereocenters. The lowest BCUT2D eigenvalue weighted by Gasteiger charge is -2.12. The van der Waals surface area contributed by atoms with Crippen LogP contribution in [0.4, 0.5) is 5.69 Å².